The van der Waals surface area contributed by atoms with Crippen LogP contribution in [-0.2, 0) is 4.79 Å². The van der Waals surface area contributed by atoms with Gasteiger partial charge >= 0.3 is 12.3 Å². The summed E-state index contributed by atoms with van der Waals surface area (Å²) in [6.45, 7) is 3.20. The molecule has 0 fully saturated rings. The molecule has 96 valence electrons. The van der Waals surface area contributed by atoms with Crippen molar-refractivity contribution in [1.82, 2.24) is 4.90 Å². The van der Waals surface area contributed by atoms with Crippen molar-refractivity contribution in [3.05, 3.63) is 0 Å². The number of rotatable bonds is 6. The molecular weight excluding hydrogens is 228 g/mol. The van der Waals surface area contributed by atoms with Gasteiger partial charge in [-0.25, -0.2) is 8.78 Å². The Bertz CT molecular complexity index is 236. The fourth-order valence-corrected chi connectivity index (χ4v) is 1.11. The molecule has 0 aliphatic carbocycles. The number of amides is 1. The molecule has 0 spiro atoms. The lowest BCUT2D eigenvalue weighted by atomic mass is 10.1. The van der Waals surface area contributed by atoms with Crippen molar-refractivity contribution >= 4 is 5.91 Å². The molecule has 1 unspecified atom stereocenters. The van der Waals surface area contributed by atoms with Gasteiger partial charge < -0.3 is 10.6 Å². The molecule has 0 rings (SSSR count). The lowest BCUT2D eigenvalue weighted by Gasteiger charge is -2.27. The second-order valence-corrected chi connectivity index (χ2v) is 3.61. The van der Waals surface area contributed by atoms with E-state index in [-0.39, 0.29) is 25.6 Å². The summed E-state index contributed by atoms with van der Waals surface area (Å²) in [7, 11) is 0. The molecule has 16 heavy (non-hydrogen) atoms. The van der Waals surface area contributed by atoms with Crippen LogP contribution in [0.2, 0.25) is 0 Å². The molecule has 0 aromatic rings. The number of carbonyl (C=O) groups excluding carboxylic acids is 1. The number of hydrogen-bond donors (Lipinski definition) is 1. The van der Waals surface area contributed by atoms with Crippen LogP contribution in [0.25, 0.3) is 0 Å². The van der Waals surface area contributed by atoms with E-state index in [0.717, 1.165) is 0 Å². The summed E-state index contributed by atoms with van der Waals surface area (Å²) < 4.78 is 49.4. The minimum atomic E-state index is -4.62. The number of nitrogens with zero attached hydrogens (tertiary/aromatic N) is 1. The second-order valence-electron chi connectivity index (χ2n) is 3.61. The highest BCUT2D eigenvalue weighted by Gasteiger charge is 2.50. The maximum absolute atomic E-state index is 12.8. The van der Waals surface area contributed by atoms with E-state index in [4.69, 9.17) is 5.73 Å². The Labute approximate surface area is 91.6 Å². The predicted molar refractivity (Wildman–Crippen MR) is 51.4 cm³/mol. The van der Waals surface area contributed by atoms with E-state index >= 15 is 0 Å². The van der Waals surface area contributed by atoms with Gasteiger partial charge in [0, 0.05) is 13.1 Å². The van der Waals surface area contributed by atoms with Gasteiger partial charge in [0.2, 0.25) is 0 Å². The largest absolute Gasteiger partial charge is 0.383 e. The summed E-state index contributed by atoms with van der Waals surface area (Å²) in [5.74, 6) is -6.67. The molecule has 3 nitrogen and oxygen atoms in total. The van der Waals surface area contributed by atoms with Crippen LogP contribution < -0.4 is 5.73 Å². The third kappa shape index (κ3) is 3.62. The van der Waals surface area contributed by atoms with E-state index in [9.17, 15) is 22.4 Å². The van der Waals surface area contributed by atoms with E-state index in [2.05, 4.69) is 0 Å². The zero-order valence-corrected chi connectivity index (χ0v) is 9.22. The molecule has 0 saturated carbocycles. The molecule has 0 saturated heterocycles. The molecule has 0 aliphatic heterocycles. The van der Waals surface area contributed by atoms with Crippen LogP contribution >= 0.6 is 0 Å². The van der Waals surface area contributed by atoms with Gasteiger partial charge in [-0.3, -0.25) is 4.79 Å². The van der Waals surface area contributed by atoms with Gasteiger partial charge in [0.25, 0.3) is 5.91 Å². The van der Waals surface area contributed by atoms with E-state index in [0.29, 0.717) is 4.90 Å². The fraction of sp³-hybridized carbons (Fsp3) is 0.889. The zero-order chi connectivity index (χ0) is 12.9. The summed E-state index contributed by atoms with van der Waals surface area (Å²) >= 11 is 0. The van der Waals surface area contributed by atoms with Crippen LogP contribution in [0.5, 0.6) is 0 Å². The Morgan fingerprint density at radius 1 is 1.44 bits per heavy atom. The topological polar surface area (TPSA) is 46.3 Å². The molecule has 0 radical (unpaired) electrons. The molecule has 0 bridgehead atoms. The Kier molecular flexibility index (Phi) is 5.71. The number of hydrogen-bond acceptors (Lipinski definition) is 2. The number of halogens is 4. The van der Waals surface area contributed by atoms with Gasteiger partial charge in [-0.15, -0.1) is 0 Å². The van der Waals surface area contributed by atoms with Gasteiger partial charge in [-0.2, -0.15) is 8.78 Å². The van der Waals surface area contributed by atoms with Crippen molar-refractivity contribution in [1.29, 1.82) is 0 Å². The fourth-order valence-electron chi connectivity index (χ4n) is 1.11. The quantitative estimate of drug-likeness (QED) is 0.716. The highest BCUT2D eigenvalue weighted by Crippen LogP contribution is 2.25. The zero-order valence-electron chi connectivity index (χ0n) is 9.22. The van der Waals surface area contributed by atoms with Crippen LogP contribution in [-0.4, -0.2) is 42.8 Å². The number of alkyl halides is 4. The lowest BCUT2D eigenvalue weighted by molar-refractivity contribution is -0.180. The summed E-state index contributed by atoms with van der Waals surface area (Å²) in [6, 6.07) is 0. The molecule has 0 heterocycles. The van der Waals surface area contributed by atoms with Gasteiger partial charge in [0.05, 0.1) is 0 Å². The van der Waals surface area contributed by atoms with Crippen LogP contribution in [0.15, 0.2) is 0 Å². The summed E-state index contributed by atoms with van der Waals surface area (Å²) in [5.41, 5.74) is 5.27. The smallest absolute Gasteiger partial charge is 0.337 e. The van der Waals surface area contributed by atoms with Crippen LogP contribution in [0, 0.1) is 5.92 Å². The predicted octanol–water partition coefficient (Wildman–Crippen LogP) is 1.33. The molecular formula is C9H16F4N2O. The maximum Gasteiger partial charge on any atom is 0.383 e. The first kappa shape index (κ1) is 15.2. The monoisotopic (exact) mass is 244 g/mol. The molecule has 2 N–H and O–H groups in total. The van der Waals surface area contributed by atoms with Crippen molar-refractivity contribution in [2.45, 2.75) is 26.2 Å². The maximum atomic E-state index is 12.8. The normalized spacial score (nSPS) is 14.0. The second kappa shape index (κ2) is 6.03. The van der Waals surface area contributed by atoms with Gasteiger partial charge in [-0.05, 0) is 19.4 Å². The first-order chi connectivity index (χ1) is 7.27. The Morgan fingerprint density at radius 2 is 1.94 bits per heavy atom. The van der Waals surface area contributed by atoms with E-state index in [1.165, 1.54) is 6.92 Å². The number of nitrogens with two attached hydrogens (primary N) is 1. The van der Waals surface area contributed by atoms with Gasteiger partial charge in [-0.1, -0.05) is 6.92 Å². The van der Waals surface area contributed by atoms with Gasteiger partial charge in [0.1, 0.15) is 0 Å². The SMILES string of the molecule is CCN(CC(C)CN)C(=O)C(F)(F)C(F)F. The Morgan fingerprint density at radius 3 is 2.25 bits per heavy atom. The van der Waals surface area contributed by atoms with Crippen molar-refractivity contribution in [3.8, 4) is 0 Å². The highest BCUT2D eigenvalue weighted by molar-refractivity contribution is 5.84. The summed E-state index contributed by atoms with van der Waals surface area (Å²) in [4.78, 5) is 11.8. The first-order valence-electron chi connectivity index (χ1n) is 4.92. The summed E-state index contributed by atoms with van der Waals surface area (Å²) in [5, 5.41) is 0. The number of carbonyl (C=O) groups is 1. The molecule has 0 aliphatic rings. The van der Waals surface area contributed by atoms with Crippen LogP contribution in [0.1, 0.15) is 13.8 Å². The van der Waals surface area contributed by atoms with Crippen molar-refractivity contribution in [2.75, 3.05) is 19.6 Å². The Balaban J connectivity index is 4.65. The third-order valence-corrected chi connectivity index (χ3v) is 2.16. The molecule has 0 aromatic heterocycles. The molecule has 0 aromatic carbocycles. The van der Waals surface area contributed by atoms with Crippen molar-refractivity contribution < 1.29 is 22.4 Å². The highest BCUT2D eigenvalue weighted by atomic mass is 19.3. The Hall–Kier alpha value is -0.850. The lowest BCUT2D eigenvalue weighted by Crippen LogP contribution is -2.49. The van der Waals surface area contributed by atoms with E-state index in [1.807, 2.05) is 0 Å². The van der Waals surface area contributed by atoms with E-state index < -0.39 is 18.3 Å². The third-order valence-electron chi connectivity index (χ3n) is 2.16. The van der Waals surface area contributed by atoms with Crippen LogP contribution in [0.4, 0.5) is 17.6 Å². The first-order valence-corrected chi connectivity index (χ1v) is 4.92. The molecule has 7 heteroatoms. The van der Waals surface area contributed by atoms with Crippen LogP contribution in [0.3, 0.4) is 0 Å². The van der Waals surface area contributed by atoms with Crippen molar-refractivity contribution in [3.63, 3.8) is 0 Å². The minimum absolute atomic E-state index is 0.0475. The standard InChI is InChI=1S/C9H16F4N2O/c1-3-15(5-6(2)4-14)8(16)9(12,13)7(10)11/h6-7H,3-5,14H2,1-2H3. The average Bonchev–Trinajstić information content (AvgIpc) is 2.24. The van der Waals surface area contributed by atoms with E-state index in [1.54, 1.807) is 6.92 Å². The summed E-state index contributed by atoms with van der Waals surface area (Å²) in [6.07, 6.45) is -3.98. The minimum Gasteiger partial charge on any atom is -0.337 e. The average molecular weight is 244 g/mol. The van der Waals surface area contributed by atoms with Crippen molar-refractivity contribution in [2.24, 2.45) is 11.7 Å². The molecule has 1 amide bonds. The molecule has 1 atom stereocenters. The van der Waals surface area contributed by atoms with Gasteiger partial charge in [0.15, 0.2) is 0 Å².